The minimum atomic E-state index is -0.317. The van der Waals surface area contributed by atoms with Gasteiger partial charge < -0.3 is 14.6 Å². The quantitative estimate of drug-likeness (QED) is 0.680. The second kappa shape index (κ2) is 5.03. The Morgan fingerprint density at radius 3 is 2.26 bits per heavy atom. The molecule has 23 heavy (non-hydrogen) atoms. The summed E-state index contributed by atoms with van der Waals surface area (Å²) in [7, 11) is -0.317. The highest BCUT2D eigenvalue weighted by Crippen LogP contribution is 2.44. The van der Waals surface area contributed by atoms with Crippen molar-refractivity contribution >= 4 is 35.7 Å². The van der Waals surface area contributed by atoms with E-state index in [0.717, 1.165) is 16.8 Å². The molecule has 0 atom stereocenters. The van der Waals surface area contributed by atoms with Gasteiger partial charge in [-0.2, -0.15) is 0 Å². The van der Waals surface area contributed by atoms with Gasteiger partial charge in [-0.1, -0.05) is 30.0 Å². The minimum absolute atomic E-state index is 0.314. The maximum Gasteiger partial charge on any atom is 0.494 e. The van der Waals surface area contributed by atoms with E-state index in [1.165, 1.54) is 9.79 Å². The van der Waals surface area contributed by atoms with E-state index >= 15 is 0 Å². The molecule has 0 bridgehead atoms. The van der Waals surface area contributed by atoms with Crippen molar-refractivity contribution in [2.24, 2.45) is 0 Å². The molecule has 1 fully saturated rings. The predicted molar refractivity (Wildman–Crippen MR) is 96.0 cm³/mol. The zero-order valence-electron chi connectivity index (χ0n) is 13.8. The van der Waals surface area contributed by atoms with Gasteiger partial charge in [-0.15, -0.1) is 0 Å². The number of rotatable bonds is 1. The summed E-state index contributed by atoms with van der Waals surface area (Å²) in [5.74, 6) is 0. The molecule has 1 N–H and O–H groups in total. The van der Waals surface area contributed by atoms with Crippen LogP contribution in [0.25, 0.3) is 0 Å². The Morgan fingerprint density at radius 1 is 0.870 bits per heavy atom. The van der Waals surface area contributed by atoms with E-state index in [1.54, 1.807) is 11.8 Å². The molecular weight excluding hydrogens is 305 g/mol. The van der Waals surface area contributed by atoms with Crippen LogP contribution < -0.4 is 10.8 Å². The third kappa shape index (κ3) is 2.47. The third-order valence-electron chi connectivity index (χ3n) is 4.91. The number of fused-ring (bicyclic) bond motifs is 2. The monoisotopic (exact) mass is 325 g/mol. The van der Waals surface area contributed by atoms with Crippen molar-refractivity contribution in [3.05, 3.63) is 42.5 Å². The van der Waals surface area contributed by atoms with Crippen LogP contribution in [0.5, 0.6) is 0 Å². The number of anilines is 2. The molecule has 2 aromatic carbocycles. The third-order valence-corrected chi connectivity index (χ3v) is 6.04. The molecule has 1 saturated heterocycles. The fourth-order valence-corrected chi connectivity index (χ4v) is 3.81. The van der Waals surface area contributed by atoms with Crippen molar-refractivity contribution in [1.29, 1.82) is 0 Å². The molecule has 4 rings (SSSR count). The van der Waals surface area contributed by atoms with E-state index in [0.29, 0.717) is 0 Å². The van der Waals surface area contributed by atoms with Crippen LogP contribution >= 0.6 is 11.8 Å². The number of benzene rings is 2. The van der Waals surface area contributed by atoms with Gasteiger partial charge in [0.15, 0.2) is 0 Å². The highest BCUT2D eigenvalue weighted by atomic mass is 32.2. The summed E-state index contributed by atoms with van der Waals surface area (Å²) in [6, 6.07) is 14.7. The fourth-order valence-electron chi connectivity index (χ4n) is 2.77. The normalized spacial score (nSPS) is 20.6. The Balaban J connectivity index is 1.65. The highest BCUT2D eigenvalue weighted by Gasteiger charge is 2.51. The van der Waals surface area contributed by atoms with E-state index in [1.807, 2.05) is 0 Å². The van der Waals surface area contributed by atoms with Gasteiger partial charge in [-0.25, -0.2) is 0 Å². The summed E-state index contributed by atoms with van der Waals surface area (Å²) >= 11 is 1.78. The molecule has 2 aliphatic heterocycles. The van der Waals surface area contributed by atoms with Gasteiger partial charge in [-0.05, 0) is 57.4 Å². The summed E-state index contributed by atoms with van der Waals surface area (Å²) in [6.45, 7) is 8.33. The van der Waals surface area contributed by atoms with E-state index in [-0.39, 0.29) is 18.3 Å². The number of hydrogen-bond donors (Lipinski definition) is 1. The van der Waals surface area contributed by atoms with Crippen molar-refractivity contribution in [2.45, 2.75) is 48.7 Å². The first-order valence-electron chi connectivity index (χ1n) is 7.89. The van der Waals surface area contributed by atoms with Crippen LogP contribution in [0, 0.1) is 0 Å². The number of nitrogens with one attached hydrogen (secondary N) is 1. The molecule has 0 saturated carbocycles. The van der Waals surface area contributed by atoms with E-state index in [2.05, 4.69) is 75.5 Å². The Morgan fingerprint density at radius 2 is 1.52 bits per heavy atom. The summed E-state index contributed by atoms with van der Waals surface area (Å²) in [5, 5.41) is 3.49. The van der Waals surface area contributed by atoms with Gasteiger partial charge in [0.25, 0.3) is 0 Å². The molecule has 0 amide bonds. The topological polar surface area (TPSA) is 30.5 Å². The Bertz CT molecular complexity index is 759. The number of hydrogen-bond acceptors (Lipinski definition) is 4. The van der Waals surface area contributed by atoms with E-state index in [4.69, 9.17) is 9.31 Å². The van der Waals surface area contributed by atoms with Gasteiger partial charge in [0.1, 0.15) is 0 Å². The molecule has 2 heterocycles. The molecular formula is C18H20BNO2S. The van der Waals surface area contributed by atoms with Crippen LogP contribution in [0.2, 0.25) is 0 Å². The Hall–Kier alpha value is -1.43. The highest BCUT2D eigenvalue weighted by molar-refractivity contribution is 7.99. The largest absolute Gasteiger partial charge is 0.494 e. The molecule has 118 valence electrons. The summed E-state index contributed by atoms with van der Waals surface area (Å²) in [6.07, 6.45) is 0. The lowest BCUT2D eigenvalue weighted by atomic mass is 9.79. The van der Waals surface area contributed by atoms with Crippen LogP contribution in [0.15, 0.2) is 52.3 Å². The van der Waals surface area contributed by atoms with Crippen LogP contribution in [-0.4, -0.2) is 18.3 Å². The smallest absolute Gasteiger partial charge is 0.399 e. The second-order valence-electron chi connectivity index (χ2n) is 7.07. The second-order valence-corrected chi connectivity index (χ2v) is 8.15. The maximum atomic E-state index is 6.16. The van der Waals surface area contributed by atoms with Gasteiger partial charge in [0, 0.05) is 9.79 Å². The van der Waals surface area contributed by atoms with Crippen molar-refractivity contribution in [3.8, 4) is 0 Å². The molecule has 0 unspecified atom stereocenters. The van der Waals surface area contributed by atoms with Crippen LogP contribution in [0.3, 0.4) is 0 Å². The summed E-state index contributed by atoms with van der Waals surface area (Å²) in [5.41, 5.74) is 2.73. The first-order chi connectivity index (χ1) is 10.9. The average molecular weight is 325 g/mol. The molecule has 5 heteroatoms. The molecule has 2 aromatic rings. The summed E-state index contributed by atoms with van der Waals surface area (Å²) in [4.78, 5) is 2.45. The fraction of sp³-hybridized carbons (Fsp3) is 0.333. The van der Waals surface area contributed by atoms with Crippen LogP contribution in [0.4, 0.5) is 11.4 Å². The molecule has 0 radical (unpaired) electrons. The standard InChI is InChI=1S/C18H20BNO2S/c1-17(2)18(3,4)22-19(21-17)12-9-10-14-16(11-12)23-15-8-6-5-7-13(15)20-14/h5-11,20H,1-4H3. The first-order valence-corrected chi connectivity index (χ1v) is 8.71. The molecule has 2 aliphatic rings. The lowest BCUT2D eigenvalue weighted by Gasteiger charge is -2.32. The molecule has 0 spiro atoms. The van der Waals surface area contributed by atoms with Gasteiger partial charge in [0.2, 0.25) is 0 Å². The van der Waals surface area contributed by atoms with Crippen LogP contribution in [-0.2, 0) is 9.31 Å². The SMILES string of the molecule is CC1(C)OB(c2ccc3c(c2)Sc2ccccc2N3)OC1(C)C. The zero-order chi connectivity index (χ0) is 16.2. The lowest BCUT2D eigenvalue weighted by molar-refractivity contribution is 0.00578. The molecule has 3 nitrogen and oxygen atoms in total. The molecule has 0 aliphatic carbocycles. The van der Waals surface area contributed by atoms with Gasteiger partial charge >= 0.3 is 7.12 Å². The Kier molecular flexibility index (Phi) is 3.31. The first kappa shape index (κ1) is 15.1. The zero-order valence-corrected chi connectivity index (χ0v) is 14.7. The van der Waals surface area contributed by atoms with Crippen molar-refractivity contribution in [2.75, 3.05) is 5.32 Å². The number of para-hydroxylation sites is 1. The van der Waals surface area contributed by atoms with E-state index in [9.17, 15) is 0 Å². The minimum Gasteiger partial charge on any atom is -0.399 e. The summed E-state index contributed by atoms with van der Waals surface area (Å²) < 4.78 is 12.3. The van der Waals surface area contributed by atoms with Gasteiger partial charge in [0.05, 0.1) is 22.6 Å². The van der Waals surface area contributed by atoms with Gasteiger partial charge in [-0.3, -0.25) is 0 Å². The van der Waals surface area contributed by atoms with E-state index < -0.39 is 0 Å². The van der Waals surface area contributed by atoms with Crippen molar-refractivity contribution < 1.29 is 9.31 Å². The van der Waals surface area contributed by atoms with Crippen molar-refractivity contribution in [1.82, 2.24) is 0 Å². The maximum absolute atomic E-state index is 6.16. The molecule has 0 aromatic heterocycles. The Labute approximate surface area is 141 Å². The average Bonchev–Trinajstić information content (AvgIpc) is 2.73. The van der Waals surface area contributed by atoms with Crippen LogP contribution in [0.1, 0.15) is 27.7 Å². The van der Waals surface area contributed by atoms with Crippen molar-refractivity contribution in [3.63, 3.8) is 0 Å². The lowest BCUT2D eigenvalue weighted by Crippen LogP contribution is -2.41. The predicted octanol–water partition coefficient (Wildman–Crippen LogP) is 4.19.